The molecule has 0 fully saturated rings. The number of nitrogens with one attached hydrogen (secondary N) is 2. The third kappa shape index (κ3) is 5.54. The number of nitro groups is 1. The molecule has 0 radical (unpaired) electrons. The van der Waals surface area contributed by atoms with Gasteiger partial charge in [-0.1, -0.05) is 12.1 Å². The highest BCUT2D eigenvalue weighted by Gasteiger charge is 2.05. The highest BCUT2D eigenvalue weighted by Crippen LogP contribution is 2.12. The largest absolute Gasteiger partial charge is 0.497 e. The van der Waals surface area contributed by atoms with Crippen molar-refractivity contribution in [3.8, 4) is 5.75 Å². The Bertz CT molecular complexity index is 773. The minimum atomic E-state index is -0.438. The van der Waals surface area contributed by atoms with Crippen LogP contribution in [0, 0.1) is 10.1 Å². The topological polar surface area (TPSA) is 88.8 Å². The molecule has 0 unspecified atom stereocenters. The first kappa shape index (κ1) is 18.3. The van der Waals surface area contributed by atoms with E-state index in [-0.39, 0.29) is 5.69 Å². The van der Waals surface area contributed by atoms with E-state index in [9.17, 15) is 10.1 Å². The quantitative estimate of drug-likeness (QED) is 0.357. The first-order valence-corrected chi connectivity index (χ1v) is 7.86. The molecule has 0 atom stereocenters. The van der Waals surface area contributed by atoms with Crippen molar-refractivity contribution < 1.29 is 9.66 Å². The van der Waals surface area contributed by atoms with Crippen LogP contribution in [-0.4, -0.2) is 22.9 Å². The third-order valence-corrected chi connectivity index (χ3v) is 3.67. The zero-order valence-electron chi connectivity index (χ0n) is 13.9. The number of hydrogen-bond acceptors (Lipinski definition) is 5. The first-order valence-electron chi connectivity index (χ1n) is 7.45. The van der Waals surface area contributed by atoms with Crippen LogP contribution in [0.1, 0.15) is 18.1 Å². The summed E-state index contributed by atoms with van der Waals surface area (Å²) < 4.78 is 5.11. The Labute approximate surface area is 150 Å². The number of rotatable bonds is 6. The fourth-order valence-electron chi connectivity index (χ4n) is 1.99. The molecule has 2 aromatic carbocycles. The maximum Gasteiger partial charge on any atom is 0.269 e. The van der Waals surface area contributed by atoms with E-state index in [1.807, 2.05) is 24.3 Å². The maximum atomic E-state index is 10.7. The Morgan fingerprint density at radius 1 is 1.20 bits per heavy atom. The second-order valence-electron chi connectivity index (χ2n) is 5.14. The molecule has 2 aromatic rings. The van der Waals surface area contributed by atoms with Crippen molar-refractivity contribution in [3.63, 3.8) is 0 Å². The van der Waals surface area contributed by atoms with Crippen LogP contribution in [0.4, 0.5) is 5.69 Å². The number of benzene rings is 2. The molecule has 0 amide bonds. The van der Waals surface area contributed by atoms with Crippen LogP contribution in [0.3, 0.4) is 0 Å². The molecule has 7 nitrogen and oxygen atoms in total. The van der Waals surface area contributed by atoms with E-state index in [4.69, 9.17) is 17.0 Å². The summed E-state index contributed by atoms with van der Waals surface area (Å²) in [5.74, 6) is 0.799. The van der Waals surface area contributed by atoms with Crippen LogP contribution in [0.25, 0.3) is 0 Å². The number of nitrogens with zero attached hydrogens (tertiary/aromatic N) is 2. The van der Waals surface area contributed by atoms with Crippen molar-refractivity contribution in [2.45, 2.75) is 13.5 Å². The molecule has 0 aromatic heterocycles. The Morgan fingerprint density at radius 2 is 1.84 bits per heavy atom. The molecule has 8 heteroatoms. The van der Waals surface area contributed by atoms with Crippen molar-refractivity contribution in [1.29, 1.82) is 0 Å². The minimum absolute atomic E-state index is 0.0428. The summed E-state index contributed by atoms with van der Waals surface area (Å²) in [6.07, 6.45) is 0. The van der Waals surface area contributed by atoms with E-state index in [0.717, 1.165) is 16.9 Å². The molecule has 0 heterocycles. The van der Waals surface area contributed by atoms with Crippen LogP contribution < -0.4 is 15.5 Å². The number of ether oxygens (including phenoxy) is 1. The SMILES string of the molecule is COc1ccc(CNC(=S)N/N=C(/C)c2ccc([N+](=O)[O-])cc2)cc1. The highest BCUT2D eigenvalue weighted by molar-refractivity contribution is 7.80. The second kappa shape index (κ2) is 8.74. The fraction of sp³-hybridized carbons (Fsp3) is 0.176. The molecular formula is C17H18N4O3S. The smallest absolute Gasteiger partial charge is 0.269 e. The molecule has 0 spiro atoms. The van der Waals surface area contributed by atoms with Gasteiger partial charge >= 0.3 is 0 Å². The molecule has 130 valence electrons. The standard InChI is InChI=1S/C17H18N4O3S/c1-12(14-5-7-15(8-6-14)21(22)23)19-20-17(25)18-11-13-3-9-16(24-2)10-4-13/h3-10H,11H2,1-2H3,(H2,18,20,25)/b19-12-. The van der Waals surface area contributed by atoms with Gasteiger partial charge in [-0.05, 0) is 54.5 Å². The van der Waals surface area contributed by atoms with Gasteiger partial charge in [0.15, 0.2) is 5.11 Å². The van der Waals surface area contributed by atoms with E-state index in [2.05, 4.69) is 15.8 Å². The number of methoxy groups -OCH3 is 1. The van der Waals surface area contributed by atoms with Gasteiger partial charge in [-0.3, -0.25) is 15.5 Å². The lowest BCUT2D eigenvalue weighted by Crippen LogP contribution is -2.32. The molecule has 0 aliphatic carbocycles. The van der Waals surface area contributed by atoms with Gasteiger partial charge in [-0.2, -0.15) is 5.10 Å². The molecule has 25 heavy (non-hydrogen) atoms. The van der Waals surface area contributed by atoms with Gasteiger partial charge in [-0.25, -0.2) is 0 Å². The van der Waals surface area contributed by atoms with E-state index in [0.29, 0.717) is 17.4 Å². The summed E-state index contributed by atoms with van der Waals surface area (Å²) in [5, 5.41) is 18.3. The average Bonchev–Trinajstić information content (AvgIpc) is 2.64. The second-order valence-corrected chi connectivity index (χ2v) is 5.55. The van der Waals surface area contributed by atoms with Gasteiger partial charge in [0.1, 0.15) is 5.75 Å². The van der Waals surface area contributed by atoms with Crippen LogP contribution in [0.15, 0.2) is 53.6 Å². The fourth-order valence-corrected chi connectivity index (χ4v) is 2.11. The predicted octanol–water partition coefficient (Wildman–Crippen LogP) is 2.99. The van der Waals surface area contributed by atoms with Gasteiger partial charge in [0.2, 0.25) is 0 Å². The van der Waals surface area contributed by atoms with Crippen LogP contribution in [-0.2, 0) is 6.54 Å². The number of thiocarbonyl (C=S) groups is 1. The Balaban J connectivity index is 1.86. The van der Waals surface area contributed by atoms with E-state index in [1.165, 1.54) is 12.1 Å². The summed E-state index contributed by atoms with van der Waals surface area (Å²) in [7, 11) is 1.62. The predicted molar refractivity (Wildman–Crippen MR) is 101 cm³/mol. The van der Waals surface area contributed by atoms with Crippen molar-refractivity contribution >= 4 is 28.7 Å². The van der Waals surface area contributed by atoms with E-state index >= 15 is 0 Å². The van der Waals surface area contributed by atoms with Crippen molar-refractivity contribution in [1.82, 2.24) is 10.7 Å². The number of hydrogen-bond donors (Lipinski definition) is 2. The zero-order valence-corrected chi connectivity index (χ0v) is 14.7. The normalized spacial score (nSPS) is 10.9. The van der Waals surface area contributed by atoms with Gasteiger partial charge in [0.05, 0.1) is 17.7 Å². The zero-order chi connectivity index (χ0) is 18.2. The number of hydrazone groups is 1. The molecule has 0 aliphatic rings. The van der Waals surface area contributed by atoms with Crippen LogP contribution >= 0.6 is 12.2 Å². The Hall–Kier alpha value is -3.00. The Morgan fingerprint density at radius 3 is 2.40 bits per heavy atom. The van der Waals surface area contributed by atoms with Crippen molar-refractivity contribution in [3.05, 3.63) is 69.8 Å². The summed E-state index contributed by atoms with van der Waals surface area (Å²) >= 11 is 5.18. The number of nitro benzene ring substituents is 1. The minimum Gasteiger partial charge on any atom is -0.497 e. The van der Waals surface area contributed by atoms with Crippen molar-refractivity contribution in [2.75, 3.05) is 7.11 Å². The molecule has 0 bridgehead atoms. The molecular weight excluding hydrogens is 340 g/mol. The van der Waals surface area contributed by atoms with Gasteiger partial charge < -0.3 is 10.1 Å². The van der Waals surface area contributed by atoms with E-state index < -0.39 is 4.92 Å². The van der Waals surface area contributed by atoms with Gasteiger partial charge in [-0.15, -0.1) is 0 Å². The maximum absolute atomic E-state index is 10.7. The van der Waals surface area contributed by atoms with Crippen LogP contribution in [0.5, 0.6) is 5.75 Å². The lowest BCUT2D eigenvalue weighted by molar-refractivity contribution is -0.384. The third-order valence-electron chi connectivity index (χ3n) is 3.43. The highest BCUT2D eigenvalue weighted by atomic mass is 32.1. The molecule has 0 saturated heterocycles. The first-order chi connectivity index (χ1) is 12.0. The summed E-state index contributed by atoms with van der Waals surface area (Å²) in [6.45, 7) is 2.35. The van der Waals surface area contributed by atoms with E-state index in [1.54, 1.807) is 26.2 Å². The lowest BCUT2D eigenvalue weighted by Gasteiger charge is -2.09. The summed E-state index contributed by atoms with van der Waals surface area (Å²) in [5.41, 5.74) is 5.30. The molecule has 2 rings (SSSR count). The monoisotopic (exact) mass is 358 g/mol. The summed E-state index contributed by atoms with van der Waals surface area (Å²) in [6, 6.07) is 13.8. The Kier molecular flexibility index (Phi) is 6.41. The summed E-state index contributed by atoms with van der Waals surface area (Å²) in [4.78, 5) is 10.2. The molecule has 0 saturated carbocycles. The van der Waals surface area contributed by atoms with Gasteiger partial charge in [0.25, 0.3) is 5.69 Å². The lowest BCUT2D eigenvalue weighted by atomic mass is 10.1. The molecule has 2 N–H and O–H groups in total. The van der Waals surface area contributed by atoms with Gasteiger partial charge in [0, 0.05) is 18.7 Å². The van der Waals surface area contributed by atoms with Crippen molar-refractivity contribution in [2.24, 2.45) is 5.10 Å². The number of non-ortho nitro benzene ring substituents is 1. The average molecular weight is 358 g/mol. The van der Waals surface area contributed by atoms with Crippen LogP contribution in [0.2, 0.25) is 0 Å². The molecule has 0 aliphatic heterocycles.